The van der Waals surface area contributed by atoms with Gasteiger partial charge in [0.25, 0.3) is 5.69 Å². The maximum absolute atomic E-state index is 10.8. The Morgan fingerprint density at radius 2 is 2.04 bits per heavy atom. The smallest absolute Gasteiger partial charge is 0.269 e. The number of aromatic nitrogens is 2. The van der Waals surface area contributed by atoms with Crippen molar-refractivity contribution in [2.24, 2.45) is 7.05 Å². The van der Waals surface area contributed by atoms with Gasteiger partial charge in [-0.05, 0) is 37.9 Å². The molecule has 1 heterocycles. The second-order valence-electron chi connectivity index (χ2n) is 6.79. The number of nitrogens with zero attached hydrogens (tertiary/aromatic N) is 3. The number of rotatable bonds is 9. The highest BCUT2D eigenvalue weighted by molar-refractivity contribution is 5.64. The number of nitro groups is 1. The summed E-state index contributed by atoms with van der Waals surface area (Å²) in [5, 5.41) is 18.7. The van der Waals surface area contributed by atoms with E-state index in [2.05, 4.69) is 10.4 Å². The van der Waals surface area contributed by atoms with E-state index >= 15 is 0 Å². The number of hydrogen-bond acceptors (Lipinski definition) is 5. The van der Waals surface area contributed by atoms with Crippen LogP contribution in [0.25, 0.3) is 11.3 Å². The predicted molar refractivity (Wildman–Crippen MR) is 99.8 cm³/mol. The van der Waals surface area contributed by atoms with E-state index < -0.39 is 4.92 Å². The van der Waals surface area contributed by atoms with E-state index in [9.17, 15) is 10.1 Å². The van der Waals surface area contributed by atoms with Crippen molar-refractivity contribution in [2.75, 3.05) is 13.2 Å². The third-order valence-electron chi connectivity index (χ3n) is 4.73. The van der Waals surface area contributed by atoms with Crippen molar-refractivity contribution in [1.29, 1.82) is 0 Å². The van der Waals surface area contributed by atoms with E-state index in [0.717, 1.165) is 36.4 Å². The van der Waals surface area contributed by atoms with Gasteiger partial charge in [-0.3, -0.25) is 14.8 Å². The first-order chi connectivity index (χ1) is 12.6. The van der Waals surface area contributed by atoms with Crippen molar-refractivity contribution in [3.8, 4) is 11.3 Å². The van der Waals surface area contributed by atoms with Crippen molar-refractivity contribution in [2.45, 2.75) is 44.8 Å². The number of hydrogen-bond donors (Lipinski definition) is 1. The fraction of sp³-hybridized carbons (Fsp3) is 0.526. The fourth-order valence-electron chi connectivity index (χ4n) is 3.38. The van der Waals surface area contributed by atoms with Crippen molar-refractivity contribution < 1.29 is 9.66 Å². The van der Waals surface area contributed by atoms with Gasteiger partial charge in [-0.25, -0.2) is 0 Å². The van der Waals surface area contributed by atoms with Crippen molar-refractivity contribution in [3.63, 3.8) is 0 Å². The Balaban J connectivity index is 1.49. The maximum Gasteiger partial charge on any atom is 0.269 e. The molecular formula is C19H26N4O3. The molecule has 1 aliphatic carbocycles. The molecule has 0 atom stereocenters. The Labute approximate surface area is 153 Å². The highest BCUT2D eigenvalue weighted by Gasteiger charge is 2.15. The Hall–Kier alpha value is -2.25. The summed E-state index contributed by atoms with van der Waals surface area (Å²) in [6, 6.07) is 6.53. The van der Waals surface area contributed by atoms with Crippen LogP contribution in [0.2, 0.25) is 0 Å². The van der Waals surface area contributed by atoms with Crippen LogP contribution >= 0.6 is 0 Å². The Kier molecular flexibility index (Phi) is 6.35. The van der Waals surface area contributed by atoms with Gasteiger partial charge in [-0.1, -0.05) is 12.8 Å². The molecule has 3 rings (SSSR count). The number of nitrogens with one attached hydrogen (secondary N) is 1. The van der Waals surface area contributed by atoms with E-state index in [4.69, 9.17) is 4.74 Å². The summed E-state index contributed by atoms with van der Waals surface area (Å²) in [7, 11) is 1.88. The van der Waals surface area contributed by atoms with E-state index in [1.165, 1.54) is 37.8 Å². The lowest BCUT2D eigenvalue weighted by Crippen LogP contribution is -2.18. The highest BCUT2D eigenvalue weighted by atomic mass is 16.6. The molecule has 7 nitrogen and oxygen atoms in total. The minimum atomic E-state index is -0.391. The molecule has 1 aromatic heterocycles. The minimum Gasteiger partial charge on any atom is -0.378 e. The van der Waals surface area contributed by atoms with Gasteiger partial charge in [-0.15, -0.1) is 0 Å². The number of non-ortho nitro benzene ring substituents is 1. The van der Waals surface area contributed by atoms with E-state index in [1.54, 1.807) is 16.8 Å². The van der Waals surface area contributed by atoms with E-state index in [-0.39, 0.29) is 5.69 Å². The SMILES string of the molecule is Cn1cc(CNCCCOC2CCCC2)c(-c2ccc([N+](=O)[O-])cc2)n1. The number of nitro benzene ring substituents is 1. The zero-order valence-corrected chi connectivity index (χ0v) is 15.2. The second-order valence-corrected chi connectivity index (χ2v) is 6.79. The molecule has 1 fully saturated rings. The van der Waals surface area contributed by atoms with Crippen molar-refractivity contribution >= 4 is 5.69 Å². The molecule has 1 N–H and O–H groups in total. The van der Waals surface area contributed by atoms with Crippen LogP contribution in [-0.4, -0.2) is 34.0 Å². The first kappa shape index (κ1) is 18.5. The molecule has 1 aliphatic rings. The monoisotopic (exact) mass is 358 g/mol. The quantitative estimate of drug-likeness (QED) is 0.422. The van der Waals surface area contributed by atoms with Gasteiger partial charge in [-0.2, -0.15) is 5.10 Å². The van der Waals surface area contributed by atoms with Gasteiger partial charge in [0.05, 0.1) is 16.7 Å². The summed E-state index contributed by atoms with van der Waals surface area (Å²) in [6.07, 6.45) is 8.47. The topological polar surface area (TPSA) is 82.2 Å². The molecule has 0 spiro atoms. The zero-order chi connectivity index (χ0) is 18.4. The van der Waals surface area contributed by atoms with Crippen LogP contribution in [0.5, 0.6) is 0 Å². The zero-order valence-electron chi connectivity index (χ0n) is 15.2. The molecule has 0 saturated heterocycles. The fourth-order valence-corrected chi connectivity index (χ4v) is 3.38. The first-order valence-corrected chi connectivity index (χ1v) is 9.23. The maximum atomic E-state index is 10.8. The van der Waals surface area contributed by atoms with Gasteiger partial charge < -0.3 is 10.1 Å². The number of ether oxygens (including phenoxy) is 1. The van der Waals surface area contributed by atoms with Gasteiger partial charge in [0.2, 0.25) is 0 Å². The molecule has 1 saturated carbocycles. The normalized spacial score (nSPS) is 14.8. The molecule has 0 bridgehead atoms. The standard InChI is InChI=1S/C19H26N4O3/c1-22-14-16(13-20-11-4-12-26-18-5-2-3-6-18)19(21-22)15-7-9-17(10-8-15)23(24)25/h7-10,14,18,20H,2-6,11-13H2,1H3. The highest BCUT2D eigenvalue weighted by Crippen LogP contribution is 2.24. The van der Waals surface area contributed by atoms with Crippen LogP contribution in [0, 0.1) is 10.1 Å². The third-order valence-corrected chi connectivity index (χ3v) is 4.73. The molecule has 26 heavy (non-hydrogen) atoms. The lowest BCUT2D eigenvalue weighted by Gasteiger charge is -2.11. The van der Waals surface area contributed by atoms with Crippen LogP contribution in [0.1, 0.15) is 37.7 Å². The van der Waals surface area contributed by atoms with Crippen LogP contribution in [0.3, 0.4) is 0 Å². The summed E-state index contributed by atoms with van der Waals surface area (Å²) >= 11 is 0. The average molecular weight is 358 g/mol. The van der Waals surface area contributed by atoms with Gasteiger partial charge in [0.15, 0.2) is 0 Å². The van der Waals surface area contributed by atoms with Gasteiger partial charge in [0, 0.05) is 49.7 Å². The average Bonchev–Trinajstić information content (AvgIpc) is 3.27. The molecule has 0 unspecified atom stereocenters. The summed E-state index contributed by atoms with van der Waals surface area (Å²) in [6.45, 7) is 2.41. The Bertz CT molecular complexity index is 721. The minimum absolute atomic E-state index is 0.0895. The molecule has 0 amide bonds. The Morgan fingerprint density at radius 1 is 1.31 bits per heavy atom. The molecular weight excluding hydrogens is 332 g/mol. The number of benzene rings is 1. The van der Waals surface area contributed by atoms with Crippen LogP contribution in [0.4, 0.5) is 5.69 Å². The first-order valence-electron chi connectivity index (χ1n) is 9.23. The van der Waals surface area contributed by atoms with Crippen LogP contribution in [0.15, 0.2) is 30.5 Å². The summed E-state index contributed by atoms with van der Waals surface area (Å²) in [5.41, 5.74) is 2.92. The predicted octanol–water partition coefficient (Wildman–Crippen LogP) is 3.43. The largest absolute Gasteiger partial charge is 0.378 e. The lowest BCUT2D eigenvalue weighted by atomic mass is 10.1. The van der Waals surface area contributed by atoms with Crippen molar-refractivity contribution in [3.05, 3.63) is 46.1 Å². The molecule has 0 aliphatic heterocycles. The van der Waals surface area contributed by atoms with E-state index in [0.29, 0.717) is 12.6 Å². The van der Waals surface area contributed by atoms with Gasteiger partial charge >= 0.3 is 0 Å². The number of aryl methyl sites for hydroxylation is 1. The summed E-state index contributed by atoms with van der Waals surface area (Å²) in [5.74, 6) is 0. The summed E-state index contributed by atoms with van der Waals surface area (Å²) in [4.78, 5) is 10.4. The second kappa shape index (κ2) is 8.91. The Morgan fingerprint density at radius 3 is 2.73 bits per heavy atom. The molecule has 0 radical (unpaired) electrons. The molecule has 7 heteroatoms. The van der Waals surface area contributed by atoms with Crippen LogP contribution in [-0.2, 0) is 18.3 Å². The molecule has 2 aromatic rings. The lowest BCUT2D eigenvalue weighted by molar-refractivity contribution is -0.384. The van der Waals surface area contributed by atoms with E-state index in [1.807, 2.05) is 13.2 Å². The van der Waals surface area contributed by atoms with Crippen molar-refractivity contribution in [1.82, 2.24) is 15.1 Å². The molecule has 1 aromatic carbocycles. The summed E-state index contributed by atoms with van der Waals surface area (Å²) < 4.78 is 7.65. The molecule has 140 valence electrons. The third kappa shape index (κ3) is 4.89. The van der Waals surface area contributed by atoms with Crippen LogP contribution < -0.4 is 5.32 Å². The van der Waals surface area contributed by atoms with Gasteiger partial charge in [0.1, 0.15) is 0 Å².